The molecule has 39 heavy (non-hydrogen) atoms. The maximum atomic E-state index is 14.1. The molecule has 6 nitrogen and oxygen atoms in total. The van der Waals surface area contributed by atoms with Crippen LogP contribution in [0.1, 0.15) is 104 Å². The van der Waals surface area contributed by atoms with Gasteiger partial charge >= 0.3 is 6.09 Å². The van der Waals surface area contributed by atoms with Gasteiger partial charge in [-0.15, -0.1) is 0 Å². The van der Waals surface area contributed by atoms with Gasteiger partial charge in [0.2, 0.25) is 0 Å². The van der Waals surface area contributed by atoms with Crippen LogP contribution in [-0.2, 0) is 9.63 Å². The highest BCUT2D eigenvalue weighted by Crippen LogP contribution is 2.66. The van der Waals surface area contributed by atoms with Crippen molar-refractivity contribution in [3.63, 3.8) is 0 Å². The molecule has 0 spiro atoms. The highest BCUT2D eigenvalue weighted by molar-refractivity contribution is 5.91. The van der Waals surface area contributed by atoms with Crippen LogP contribution in [0.2, 0.25) is 0 Å². The van der Waals surface area contributed by atoms with Gasteiger partial charge in [0.25, 0.3) is 0 Å². The Hall–Kier alpha value is -1.76. The third kappa shape index (κ3) is 4.78. The molecular weight excluding hydrogens is 493 g/mol. The summed E-state index contributed by atoms with van der Waals surface area (Å²) in [4.78, 5) is 32.8. The van der Waals surface area contributed by atoms with E-state index in [-0.39, 0.29) is 29.0 Å². The SMILES string of the molecule is C/C(=N\OC(=O)N(CCC1NCCC1F)C1CCC1)[C@H]1CC[C@H]2[C@@H]3CCC4=CC(=O)CC[C@]4(C)[C@H]3CC[C@]12C. The molecule has 0 aromatic rings. The maximum absolute atomic E-state index is 14.1. The third-order valence-electron chi connectivity index (χ3n) is 12.4. The van der Waals surface area contributed by atoms with Gasteiger partial charge in [-0.05, 0) is 125 Å². The Morgan fingerprint density at radius 3 is 2.64 bits per heavy atom. The number of alkyl halides is 1. The number of hydrogen-bond acceptors (Lipinski definition) is 5. The number of hydrogen-bond donors (Lipinski definition) is 1. The van der Waals surface area contributed by atoms with Crippen LogP contribution in [0.3, 0.4) is 0 Å². The fourth-order valence-electron chi connectivity index (χ4n) is 9.89. The molecule has 6 rings (SSSR count). The van der Waals surface area contributed by atoms with Crippen LogP contribution in [-0.4, -0.2) is 53.8 Å². The standard InChI is InChI=1S/C32H48FN3O3/c1-20(35-39-30(38)36(22-5-4-6-22)18-14-29-28(33)13-17-34-29)25-9-10-26-24-8-7-21-19-23(37)11-15-31(21,2)27(24)12-16-32(25,26)3/h19,22,24-29,34H,4-18H2,1-3H3/b35-20+/t24-,25+,26-,27-,28?,29?,31-,32+/m0/s1. The molecule has 5 aliphatic carbocycles. The number of fused-ring (bicyclic) bond motifs is 5. The highest BCUT2D eigenvalue weighted by Gasteiger charge is 2.59. The van der Waals surface area contributed by atoms with Crippen molar-refractivity contribution in [3.05, 3.63) is 11.6 Å². The Kier molecular flexibility index (Phi) is 7.43. The summed E-state index contributed by atoms with van der Waals surface area (Å²) in [5.74, 6) is 2.70. The molecule has 7 heteroatoms. The van der Waals surface area contributed by atoms with Crippen LogP contribution >= 0.6 is 0 Å². The first-order chi connectivity index (χ1) is 18.7. The quantitative estimate of drug-likeness (QED) is 0.234. The Bertz CT molecular complexity index is 1040. The average molecular weight is 542 g/mol. The van der Waals surface area contributed by atoms with E-state index in [2.05, 4.69) is 31.2 Å². The van der Waals surface area contributed by atoms with Crippen molar-refractivity contribution >= 4 is 17.6 Å². The summed E-state index contributed by atoms with van der Waals surface area (Å²) in [5.41, 5.74) is 2.74. The van der Waals surface area contributed by atoms with Gasteiger partial charge < -0.3 is 10.2 Å². The van der Waals surface area contributed by atoms with Crippen LogP contribution in [0, 0.1) is 34.5 Å². The second-order valence-electron chi connectivity index (χ2n) is 14.2. The number of carbonyl (C=O) groups is 2. The number of amides is 1. The second-order valence-corrected chi connectivity index (χ2v) is 14.2. The molecule has 216 valence electrons. The molecule has 5 fully saturated rings. The van der Waals surface area contributed by atoms with E-state index < -0.39 is 6.17 Å². The molecular formula is C32H48FN3O3. The predicted molar refractivity (Wildman–Crippen MR) is 150 cm³/mol. The average Bonchev–Trinajstić information content (AvgIpc) is 3.46. The van der Waals surface area contributed by atoms with Crippen molar-refractivity contribution in [2.45, 2.75) is 122 Å². The molecule has 1 amide bonds. The number of ketones is 1. The van der Waals surface area contributed by atoms with E-state index in [0.717, 1.165) is 44.2 Å². The van der Waals surface area contributed by atoms with E-state index in [1.165, 1.54) is 31.3 Å². The minimum atomic E-state index is -0.828. The first-order valence-electron chi connectivity index (χ1n) is 15.8. The third-order valence-corrected chi connectivity index (χ3v) is 12.4. The van der Waals surface area contributed by atoms with Gasteiger partial charge in [-0.3, -0.25) is 9.63 Å². The van der Waals surface area contributed by atoms with E-state index in [1.54, 1.807) is 4.90 Å². The number of carbonyl (C=O) groups excluding carboxylic acids is 2. The number of halogens is 1. The first kappa shape index (κ1) is 27.4. The molecule has 6 aliphatic rings. The molecule has 1 heterocycles. The van der Waals surface area contributed by atoms with Crippen LogP contribution in [0.4, 0.5) is 9.18 Å². The van der Waals surface area contributed by atoms with Gasteiger partial charge in [0.15, 0.2) is 5.78 Å². The molecule has 8 atom stereocenters. The Morgan fingerprint density at radius 1 is 1.10 bits per heavy atom. The minimum absolute atomic E-state index is 0.168. The van der Waals surface area contributed by atoms with Crippen molar-refractivity contribution in [1.29, 1.82) is 0 Å². The molecule has 0 bridgehead atoms. The van der Waals surface area contributed by atoms with Gasteiger partial charge in [-0.2, -0.15) is 0 Å². The largest absolute Gasteiger partial charge is 0.436 e. The smallest absolute Gasteiger partial charge is 0.311 e. The monoisotopic (exact) mass is 541 g/mol. The molecule has 1 aliphatic heterocycles. The molecule has 4 saturated carbocycles. The van der Waals surface area contributed by atoms with E-state index in [1.807, 2.05) is 6.08 Å². The summed E-state index contributed by atoms with van der Waals surface area (Å²) in [6.07, 6.45) is 13.8. The number of allylic oxidation sites excluding steroid dienone is 1. The number of oxime groups is 1. The molecule has 1 saturated heterocycles. The van der Waals surface area contributed by atoms with E-state index in [0.29, 0.717) is 61.8 Å². The normalized spacial score (nSPS) is 42.2. The zero-order valence-corrected chi connectivity index (χ0v) is 24.2. The summed E-state index contributed by atoms with van der Waals surface area (Å²) < 4.78 is 14.1. The summed E-state index contributed by atoms with van der Waals surface area (Å²) in [5, 5.41) is 7.71. The Morgan fingerprint density at radius 2 is 1.92 bits per heavy atom. The lowest BCUT2D eigenvalue weighted by Crippen LogP contribution is -2.51. The van der Waals surface area contributed by atoms with Crippen molar-refractivity contribution < 1.29 is 18.8 Å². The van der Waals surface area contributed by atoms with Crippen LogP contribution < -0.4 is 5.32 Å². The number of nitrogens with zero attached hydrogens (tertiary/aromatic N) is 2. The topological polar surface area (TPSA) is 71.0 Å². The Labute approximate surface area is 233 Å². The lowest BCUT2D eigenvalue weighted by molar-refractivity contribution is -0.117. The molecule has 0 radical (unpaired) electrons. The van der Waals surface area contributed by atoms with Gasteiger partial charge in [-0.25, -0.2) is 9.18 Å². The number of nitrogens with one attached hydrogen (secondary N) is 1. The first-order valence-corrected chi connectivity index (χ1v) is 15.8. The molecule has 1 N–H and O–H groups in total. The fraction of sp³-hybridized carbons (Fsp3) is 0.844. The Balaban J connectivity index is 1.11. The van der Waals surface area contributed by atoms with Crippen molar-refractivity contribution in [1.82, 2.24) is 10.2 Å². The van der Waals surface area contributed by atoms with Crippen LogP contribution in [0.5, 0.6) is 0 Å². The van der Waals surface area contributed by atoms with E-state index in [9.17, 15) is 14.0 Å². The van der Waals surface area contributed by atoms with Crippen molar-refractivity contribution in [2.75, 3.05) is 13.1 Å². The molecule has 0 aromatic heterocycles. The maximum Gasteiger partial charge on any atom is 0.436 e. The fourth-order valence-corrected chi connectivity index (χ4v) is 9.89. The van der Waals surface area contributed by atoms with Crippen molar-refractivity contribution in [2.24, 2.45) is 39.7 Å². The van der Waals surface area contributed by atoms with Crippen LogP contribution in [0.25, 0.3) is 0 Å². The predicted octanol–water partition coefficient (Wildman–Crippen LogP) is 6.59. The minimum Gasteiger partial charge on any atom is -0.311 e. The summed E-state index contributed by atoms with van der Waals surface area (Å²) in [6.45, 7) is 8.18. The highest BCUT2D eigenvalue weighted by atomic mass is 19.1. The number of rotatable bonds is 6. The lowest BCUT2D eigenvalue weighted by Gasteiger charge is -2.58. The van der Waals surface area contributed by atoms with E-state index in [4.69, 9.17) is 4.84 Å². The van der Waals surface area contributed by atoms with Crippen LogP contribution in [0.15, 0.2) is 16.8 Å². The molecule has 2 unspecified atom stereocenters. The molecule has 0 aromatic carbocycles. The van der Waals surface area contributed by atoms with Gasteiger partial charge in [-0.1, -0.05) is 24.6 Å². The summed E-state index contributed by atoms with van der Waals surface area (Å²) in [7, 11) is 0. The van der Waals surface area contributed by atoms with E-state index >= 15 is 0 Å². The zero-order chi connectivity index (χ0) is 27.4. The summed E-state index contributed by atoms with van der Waals surface area (Å²) in [6, 6.07) is 0.0247. The van der Waals surface area contributed by atoms with Gasteiger partial charge in [0.05, 0.1) is 5.71 Å². The zero-order valence-electron chi connectivity index (χ0n) is 24.2. The van der Waals surface area contributed by atoms with Gasteiger partial charge in [0, 0.05) is 31.0 Å². The van der Waals surface area contributed by atoms with Crippen molar-refractivity contribution in [3.8, 4) is 0 Å². The van der Waals surface area contributed by atoms with Gasteiger partial charge in [0.1, 0.15) is 6.17 Å². The second kappa shape index (κ2) is 10.6. The summed E-state index contributed by atoms with van der Waals surface area (Å²) >= 11 is 0. The lowest BCUT2D eigenvalue weighted by atomic mass is 9.46.